The zero-order valence-electron chi connectivity index (χ0n) is 10.9. The van der Waals surface area contributed by atoms with Gasteiger partial charge in [-0.3, -0.25) is 4.79 Å². The number of carbonyl (C=O) groups excluding carboxylic acids is 1. The summed E-state index contributed by atoms with van der Waals surface area (Å²) < 4.78 is 33.6. The monoisotopic (exact) mass is 307 g/mol. The molecule has 1 rings (SSSR count). The lowest BCUT2D eigenvalue weighted by Crippen LogP contribution is -2.27. The third kappa shape index (κ3) is 5.71. The van der Waals surface area contributed by atoms with Gasteiger partial charge in [0, 0.05) is 13.7 Å². The Kier molecular flexibility index (Phi) is 7.25. The van der Waals surface area contributed by atoms with Crippen LogP contribution in [-0.2, 0) is 4.74 Å². The van der Waals surface area contributed by atoms with E-state index in [2.05, 4.69) is 10.1 Å². The predicted octanol–water partition coefficient (Wildman–Crippen LogP) is 2.66. The molecular weight excluding hydrogens is 292 g/mol. The molecule has 1 aromatic rings. The van der Waals surface area contributed by atoms with Crippen LogP contribution in [0.4, 0.5) is 8.78 Å². The molecule has 112 valence electrons. The van der Waals surface area contributed by atoms with Gasteiger partial charge in [0.25, 0.3) is 5.91 Å². The summed E-state index contributed by atoms with van der Waals surface area (Å²) >= 11 is 5.91. The molecule has 1 atom stereocenters. The Morgan fingerprint density at radius 2 is 2.10 bits per heavy atom. The fourth-order valence-electron chi connectivity index (χ4n) is 1.55. The first-order valence-corrected chi connectivity index (χ1v) is 6.43. The zero-order chi connectivity index (χ0) is 15.0. The Morgan fingerprint density at radius 1 is 1.40 bits per heavy atom. The number of halogens is 3. The largest absolute Gasteiger partial charge is 0.434 e. The summed E-state index contributed by atoms with van der Waals surface area (Å²) in [6.07, 6.45) is 0.513. The van der Waals surface area contributed by atoms with Gasteiger partial charge in [0.15, 0.2) is 0 Å². The van der Waals surface area contributed by atoms with Gasteiger partial charge in [0.1, 0.15) is 5.75 Å². The maximum atomic E-state index is 12.2. The van der Waals surface area contributed by atoms with Crippen LogP contribution in [0.3, 0.4) is 0 Å². The molecule has 0 aromatic heterocycles. The number of benzene rings is 1. The summed E-state index contributed by atoms with van der Waals surface area (Å²) in [4.78, 5) is 11.9. The molecule has 0 aliphatic rings. The number of hydrogen-bond acceptors (Lipinski definition) is 3. The van der Waals surface area contributed by atoms with Gasteiger partial charge in [-0.2, -0.15) is 8.78 Å². The number of ether oxygens (including phenoxy) is 2. The summed E-state index contributed by atoms with van der Waals surface area (Å²) in [5, 5.41) is 2.38. The van der Waals surface area contributed by atoms with Gasteiger partial charge in [0.2, 0.25) is 0 Å². The van der Waals surface area contributed by atoms with E-state index in [0.717, 1.165) is 0 Å². The number of hydrogen-bond donors (Lipinski definition) is 1. The molecule has 20 heavy (non-hydrogen) atoms. The first-order valence-electron chi connectivity index (χ1n) is 5.99. The molecule has 0 saturated heterocycles. The standard InChI is InChI=1S/C13H16ClF2NO3/c1-19-8-9(14)6-7-17-12(18)10-4-2-3-5-11(10)20-13(15)16/h2-5,9,13H,6-8H2,1H3,(H,17,18). The van der Waals surface area contributed by atoms with Gasteiger partial charge in [-0.05, 0) is 18.6 Å². The second-order valence-corrected chi connectivity index (χ2v) is 4.59. The van der Waals surface area contributed by atoms with E-state index < -0.39 is 12.5 Å². The van der Waals surface area contributed by atoms with Gasteiger partial charge >= 0.3 is 6.61 Å². The van der Waals surface area contributed by atoms with Gasteiger partial charge in [-0.1, -0.05) is 12.1 Å². The van der Waals surface area contributed by atoms with Crippen LogP contribution in [0.2, 0.25) is 0 Å². The Hall–Kier alpha value is -1.40. The molecule has 0 aliphatic carbocycles. The van der Waals surface area contributed by atoms with Crippen molar-refractivity contribution >= 4 is 17.5 Å². The van der Waals surface area contributed by atoms with Gasteiger partial charge < -0.3 is 14.8 Å². The van der Waals surface area contributed by atoms with E-state index >= 15 is 0 Å². The third-order valence-electron chi connectivity index (χ3n) is 2.44. The molecule has 1 N–H and O–H groups in total. The van der Waals surface area contributed by atoms with Crippen molar-refractivity contribution in [1.29, 1.82) is 0 Å². The Bertz CT molecular complexity index is 432. The molecule has 1 unspecified atom stereocenters. The van der Waals surface area contributed by atoms with E-state index in [0.29, 0.717) is 19.6 Å². The van der Waals surface area contributed by atoms with E-state index in [1.165, 1.54) is 25.3 Å². The first-order chi connectivity index (χ1) is 9.54. The minimum atomic E-state index is -2.97. The lowest BCUT2D eigenvalue weighted by molar-refractivity contribution is -0.0501. The van der Waals surface area contributed by atoms with Crippen molar-refractivity contribution in [3.05, 3.63) is 29.8 Å². The summed E-state index contributed by atoms with van der Waals surface area (Å²) in [5.41, 5.74) is 0.0608. The number of rotatable bonds is 8. The molecule has 7 heteroatoms. The normalized spacial score (nSPS) is 12.2. The summed E-state index contributed by atoms with van der Waals surface area (Å²) in [6, 6.07) is 5.82. The topological polar surface area (TPSA) is 47.6 Å². The number of carbonyl (C=O) groups is 1. The Morgan fingerprint density at radius 3 is 2.75 bits per heavy atom. The smallest absolute Gasteiger partial charge is 0.387 e. The van der Waals surface area contributed by atoms with Crippen LogP contribution >= 0.6 is 11.6 Å². The SMILES string of the molecule is COCC(Cl)CCNC(=O)c1ccccc1OC(F)F. The van der Waals surface area contributed by atoms with E-state index in [4.69, 9.17) is 16.3 Å². The molecule has 0 radical (unpaired) electrons. The maximum absolute atomic E-state index is 12.2. The molecule has 0 saturated carbocycles. The van der Waals surface area contributed by atoms with Crippen LogP contribution in [0.15, 0.2) is 24.3 Å². The quantitative estimate of drug-likeness (QED) is 0.751. The van der Waals surface area contributed by atoms with E-state index in [9.17, 15) is 13.6 Å². The molecule has 0 fully saturated rings. The minimum absolute atomic E-state index is 0.0608. The van der Waals surface area contributed by atoms with Gasteiger partial charge in [-0.25, -0.2) is 0 Å². The summed E-state index contributed by atoms with van der Waals surface area (Å²) in [7, 11) is 1.53. The van der Waals surface area contributed by atoms with Crippen LogP contribution in [0.5, 0.6) is 5.75 Å². The Balaban J connectivity index is 2.55. The predicted molar refractivity (Wildman–Crippen MR) is 71.5 cm³/mol. The van der Waals surface area contributed by atoms with Crippen molar-refractivity contribution in [3.8, 4) is 5.75 Å². The molecule has 0 aliphatic heterocycles. The second kappa shape index (κ2) is 8.71. The molecule has 4 nitrogen and oxygen atoms in total. The van der Waals surface area contributed by atoms with Gasteiger partial charge in [-0.15, -0.1) is 11.6 Å². The van der Waals surface area contributed by atoms with Crippen LogP contribution in [0.25, 0.3) is 0 Å². The molecule has 0 bridgehead atoms. The number of alkyl halides is 3. The molecule has 0 spiro atoms. The van der Waals surface area contributed by atoms with E-state index in [1.807, 2.05) is 0 Å². The zero-order valence-corrected chi connectivity index (χ0v) is 11.7. The highest BCUT2D eigenvalue weighted by molar-refractivity contribution is 6.20. The van der Waals surface area contributed by atoms with Crippen LogP contribution < -0.4 is 10.1 Å². The van der Waals surface area contributed by atoms with Crippen LogP contribution in [0.1, 0.15) is 16.8 Å². The van der Waals surface area contributed by atoms with Crippen molar-refractivity contribution in [2.45, 2.75) is 18.4 Å². The maximum Gasteiger partial charge on any atom is 0.387 e. The highest BCUT2D eigenvalue weighted by atomic mass is 35.5. The number of nitrogens with one attached hydrogen (secondary N) is 1. The lowest BCUT2D eigenvalue weighted by Gasteiger charge is -2.12. The van der Waals surface area contributed by atoms with Crippen LogP contribution in [-0.4, -0.2) is 38.2 Å². The average Bonchev–Trinajstić information content (AvgIpc) is 2.38. The van der Waals surface area contributed by atoms with Crippen LogP contribution in [0, 0.1) is 0 Å². The molecule has 1 aromatic carbocycles. The molecule has 0 heterocycles. The van der Waals surface area contributed by atoms with E-state index in [-0.39, 0.29) is 16.7 Å². The number of methoxy groups -OCH3 is 1. The van der Waals surface area contributed by atoms with Crippen molar-refractivity contribution < 1.29 is 23.0 Å². The summed E-state index contributed by atoms with van der Waals surface area (Å²) in [5.74, 6) is -0.637. The minimum Gasteiger partial charge on any atom is -0.434 e. The lowest BCUT2D eigenvalue weighted by atomic mass is 10.2. The van der Waals surface area contributed by atoms with Gasteiger partial charge in [0.05, 0.1) is 17.5 Å². The third-order valence-corrected chi connectivity index (χ3v) is 2.78. The Labute approximate surface area is 121 Å². The molecule has 1 amide bonds. The highest BCUT2D eigenvalue weighted by Gasteiger charge is 2.15. The number of para-hydroxylation sites is 1. The average molecular weight is 308 g/mol. The van der Waals surface area contributed by atoms with Crippen molar-refractivity contribution in [2.24, 2.45) is 0 Å². The molecular formula is C13H16ClF2NO3. The van der Waals surface area contributed by atoms with Crippen molar-refractivity contribution in [3.63, 3.8) is 0 Å². The first kappa shape index (κ1) is 16.7. The number of amides is 1. The fraction of sp³-hybridized carbons (Fsp3) is 0.462. The second-order valence-electron chi connectivity index (χ2n) is 3.97. The van der Waals surface area contributed by atoms with E-state index in [1.54, 1.807) is 6.07 Å². The summed E-state index contributed by atoms with van der Waals surface area (Å²) in [6.45, 7) is -2.28. The highest BCUT2D eigenvalue weighted by Crippen LogP contribution is 2.20. The fourth-order valence-corrected chi connectivity index (χ4v) is 1.79. The van der Waals surface area contributed by atoms with Crippen molar-refractivity contribution in [1.82, 2.24) is 5.32 Å². The van der Waals surface area contributed by atoms with Crippen molar-refractivity contribution in [2.75, 3.05) is 20.3 Å².